The Bertz CT molecular complexity index is 826. The maximum absolute atomic E-state index is 12.3. The van der Waals surface area contributed by atoms with Crippen LogP contribution in [0.4, 0.5) is 5.69 Å². The summed E-state index contributed by atoms with van der Waals surface area (Å²) in [5.74, 6) is 0.645. The van der Waals surface area contributed by atoms with E-state index in [2.05, 4.69) is 10.3 Å². The average molecular weight is 374 g/mol. The van der Waals surface area contributed by atoms with Crippen LogP contribution in [-0.4, -0.2) is 37.7 Å². The second-order valence-corrected chi connectivity index (χ2v) is 6.07. The van der Waals surface area contributed by atoms with Crippen LogP contribution < -0.4 is 14.8 Å². The minimum Gasteiger partial charge on any atom is -0.493 e. The van der Waals surface area contributed by atoms with Gasteiger partial charge in [-0.25, -0.2) is 4.79 Å². The summed E-state index contributed by atoms with van der Waals surface area (Å²) < 4.78 is 15.5. The monoisotopic (exact) mass is 374 g/mol. The number of carbonyl (C=O) groups is 2. The quantitative estimate of drug-likeness (QED) is 0.691. The number of H-pyrrole nitrogens is 1. The van der Waals surface area contributed by atoms with Gasteiger partial charge in [-0.2, -0.15) is 0 Å². The summed E-state index contributed by atoms with van der Waals surface area (Å²) in [4.78, 5) is 27.4. The third-order valence-corrected chi connectivity index (χ3v) is 4.34. The van der Waals surface area contributed by atoms with E-state index in [0.29, 0.717) is 35.9 Å². The molecule has 1 amide bonds. The number of anilines is 1. The highest BCUT2D eigenvalue weighted by Gasteiger charge is 2.19. The second-order valence-electron chi connectivity index (χ2n) is 6.07. The number of aromatic nitrogens is 1. The predicted octanol–water partition coefficient (Wildman–Crippen LogP) is 3.40. The summed E-state index contributed by atoms with van der Waals surface area (Å²) in [5.41, 5.74) is 3.73. The van der Waals surface area contributed by atoms with Crippen molar-refractivity contribution in [2.45, 2.75) is 33.6 Å². The number of benzene rings is 1. The fourth-order valence-electron chi connectivity index (χ4n) is 2.95. The van der Waals surface area contributed by atoms with Crippen LogP contribution in [0.3, 0.4) is 0 Å². The zero-order chi connectivity index (χ0) is 20.0. The fourth-order valence-corrected chi connectivity index (χ4v) is 2.95. The standard InChI is InChI=1S/C20H26N2O5/c1-6-27-20(24)19-12(2)15(13(3)21-19)8-10-18(23)22-14-7-9-16(25-4)17(11-14)26-5/h7,9,11,21H,6,8,10H2,1-5H3,(H,22,23). The lowest BCUT2D eigenvalue weighted by Crippen LogP contribution is -2.13. The molecule has 7 nitrogen and oxygen atoms in total. The van der Waals surface area contributed by atoms with Crippen molar-refractivity contribution >= 4 is 17.6 Å². The molecule has 0 aliphatic rings. The van der Waals surface area contributed by atoms with E-state index < -0.39 is 0 Å². The first kappa shape index (κ1) is 20.4. The zero-order valence-corrected chi connectivity index (χ0v) is 16.4. The maximum atomic E-state index is 12.3. The molecular formula is C20H26N2O5. The van der Waals surface area contributed by atoms with Gasteiger partial charge in [0.25, 0.3) is 0 Å². The van der Waals surface area contributed by atoms with Crippen LogP contribution in [0.5, 0.6) is 11.5 Å². The van der Waals surface area contributed by atoms with Gasteiger partial charge >= 0.3 is 5.97 Å². The first-order chi connectivity index (χ1) is 12.9. The largest absolute Gasteiger partial charge is 0.493 e. The first-order valence-corrected chi connectivity index (χ1v) is 8.78. The van der Waals surface area contributed by atoms with Crippen molar-refractivity contribution in [2.24, 2.45) is 0 Å². The summed E-state index contributed by atoms with van der Waals surface area (Å²) in [6.45, 7) is 5.83. The van der Waals surface area contributed by atoms with Crippen molar-refractivity contribution in [1.29, 1.82) is 0 Å². The number of aromatic amines is 1. The number of esters is 1. The number of carbonyl (C=O) groups excluding carboxylic acids is 2. The van der Waals surface area contributed by atoms with Gasteiger partial charge in [0.15, 0.2) is 11.5 Å². The van der Waals surface area contributed by atoms with Crippen LogP contribution in [-0.2, 0) is 16.0 Å². The lowest BCUT2D eigenvalue weighted by Gasteiger charge is -2.10. The minimum absolute atomic E-state index is 0.125. The van der Waals surface area contributed by atoms with Gasteiger partial charge in [0, 0.05) is 23.9 Å². The number of amides is 1. The molecule has 27 heavy (non-hydrogen) atoms. The van der Waals surface area contributed by atoms with Gasteiger partial charge in [-0.3, -0.25) is 4.79 Å². The van der Waals surface area contributed by atoms with Gasteiger partial charge in [-0.15, -0.1) is 0 Å². The molecule has 1 heterocycles. The van der Waals surface area contributed by atoms with E-state index in [1.165, 1.54) is 0 Å². The Morgan fingerprint density at radius 3 is 2.44 bits per heavy atom. The van der Waals surface area contributed by atoms with E-state index >= 15 is 0 Å². The van der Waals surface area contributed by atoms with Crippen molar-refractivity contribution in [2.75, 3.05) is 26.1 Å². The highest BCUT2D eigenvalue weighted by Crippen LogP contribution is 2.30. The van der Waals surface area contributed by atoms with E-state index in [1.54, 1.807) is 39.3 Å². The van der Waals surface area contributed by atoms with Gasteiger partial charge in [0.1, 0.15) is 5.69 Å². The van der Waals surface area contributed by atoms with Gasteiger partial charge in [0.05, 0.1) is 20.8 Å². The Hall–Kier alpha value is -2.96. The predicted molar refractivity (Wildman–Crippen MR) is 103 cm³/mol. The molecule has 2 rings (SSSR count). The topological polar surface area (TPSA) is 89.7 Å². The van der Waals surface area contributed by atoms with Crippen LogP contribution in [0.25, 0.3) is 0 Å². The van der Waals surface area contributed by atoms with E-state index in [9.17, 15) is 9.59 Å². The molecule has 2 aromatic rings. The Morgan fingerprint density at radius 1 is 1.11 bits per heavy atom. The SMILES string of the molecule is CCOC(=O)c1[nH]c(C)c(CCC(=O)Nc2ccc(OC)c(OC)c2)c1C. The second kappa shape index (κ2) is 9.12. The zero-order valence-electron chi connectivity index (χ0n) is 16.4. The van der Waals surface area contributed by atoms with E-state index in [4.69, 9.17) is 14.2 Å². The van der Waals surface area contributed by atoms with E-state index in [-0.39, 0.29) is 18.3 Å². The van der Waals surface area contributed by atoms with Crippen LogP contribution >= 0.6 is 0 Å². The molecule has 7 heteroatoms. The summed E-state index contributed by atoms with van der Waals surface area (Å²) in [6, 6.07) is 5.20. The normalized spacial score (nSPS) is 10.4. The van der Waals surface area contributed by atoms with Crippen molar-refractivity contribution < 1.29 is 23.8 Å². The molecule has 146 valence electrons. The molecule has 0 radical (unpaired) electrons. The van der Waals surface area contributed by atoms with Gasteiger partial charge in [-0.05, 0) is 50.5 Å². The molecule has 0 spiro atoms. The summed E-state index contributed by atoms with van der Waals surface area (Å²) in [5, 5.41) is 2.85. The first-order valence-electron chi connectivity index (χ1n) is 8.78. The summed E-state index contributed by atoms with van der Waals surface area (Å²) in [6.07, 6.45) is 0.808. The molecule has 0 aliphatic heterocycles. The third-order valence-electron chi connectivity index (χ3n) is 4.34. The Balaban J connectivity index is 2.03. The molecule has 0 saturated carbocycles. The molecule has 0 bridgehead atoms. The van der Waals surface area contributed by atoms with E-state index in [0.717, 1.165) is 16.8 Å². The number of hydrogen-bond donors (Lipinski definition) is 2. The number of methoxy groups -OCH3 is 2. The van der Waals surface area contributed by atoms with Gasteiger partial charge < -0.3 is 24.5 Å². The van der Waals surface area contributed by atoms with Crippen LogP contribution in [0.15, 0.2) is 18.2 Å². The van der Waals surface area contributed by atoms with Crippen molar-refractivity contribution in [1.82, 2.24) is 4.98 Å². The van der Waals surface area contributed by atoms with Crippen LogP contribution in [0, 0.1) is 13.8 Å². The number of aryl methyl sites for hydroxylation is 1. The molecular weight excluding hydrogens is 348 g/mol. The Kier molecular flexibility index (Phi) is 6.87. The lowest BCUT2D eigenvalue weighted by atomic mass is 10.0. The smallest absolute Gasteiger partial charge is 0.355 e. The molecule has 0 saturated heterocycles. The Labute approximate surface area is 159 Å². The molecule has 1 aromatic heterocycles. The Morgan fingerprint density at radius 2 is 1.81 bits per heavy atom. The average Bonchev–Trinajstić information content (AvgIpc) is 2.94. The number of hydrogen-bond acceptors (Lipinski definition) is 5. The van der Waals surface area contributed by atoms with Gasteiger partial charge in [-0.1, -0.05) is 0 Å². The van der Waals surface area contributed by atoms with Crippen molar-refractivity contribution in [3.63, 3.8) is 0 Å². The molecule has 2 N–H and O–H groups in total. The maximum Gasteiger partial charge on any atom is 0.355 e. The number of nitrogens with one attached hydrogen (secondary N) is 2. The molecule has 0 atom stereocenters. The fraction of sp³-hybridized carbons (Fsp3) is 0.400. The number of ether oxygens (including phenoxy) is 3. The lowest BCUT2D eigenvalue weighted by molar-refractivity contribution is -0.116. The number of rotatable bonds is 8. The van der Waals surface area contributed by atoms with Gasteiger partial charge in [0.2, 0.25) is 5.91 Å². The highest BCUT2D eigenvalue weighted by atomic mass is 16.5. The molecule has 0 unspecified atom stereocenters. The van der Waals surface area contributed by atoms with Crippen molar-refractivity contribution in [3.05, 3.63) is 40.7 Å². The molecule has 0 fully saturated rings. The molecule has 1 aromatic carbocycles. The van der Waals surface area contributed by atoms with Crippen molar-refractivity contribution in [3.8, 4) is 11.5 Å². The molecule has 0 aliphatic carbocycles. The highest BCUT2D eigenvalue weighted by molar-refractivity contribution is 5.92. The van der Waals surface area contributed by atoms with Crippen LogP contribution in [0.2, 0.25) is 0 Å². The van der Waals surface area contributed by atoms with E-state index in [1.807, 2.05) is 13.8 Å². The summed E-state index contributed by atoms with van der Waals surface area (Å²) >= 11 is 0. The summed E-state index contributed by atoms with van der Waals surface area (Å²) in [7, 11) is 3.10. The minimum atomic E-state index is -0.376. The third kappa shape index (κ3) is 4.81. The van der Waals surface area contributed by atoms with Crippen LogP contribution in [0.1, 0.15) is 40.7 Å².